The largest absolute Gasteiger partial charge is 0.377 e. The highest BCUT2D eigenvalue weighted by Crippen LogP contribution is 2.21. The second-order valence-corrected chi connectivity index (χ2v) is 3.68. The van der Waals surface area contributed by atoms with Gasteiger partial charge in [0.05, 0.1) is 18.8 Å². The lowest BCUT2D eigenvalue weighted by Gasteiger charge is -2.46. The molecule has 0 saturated carbocycles. The minimum Gasteiger partial charge on any atom is -0.377 e. The summed E-state index contributed by atoms with van der Waals surface area (Å²) in [5.74, 6) is 0. The molecule has 0 bridgehead atoms. The van der Waals surface area contributed by atoms with E-state index in [0.717, 1.165) is 19.8 Å². The molecule has 0 aliphatic carbocycles. The van der Waals surface area contributed by atoms with Gasteiger partial charge in [0.15, 0.2) is 0 Å². The van der Waals surface area contributed by atoms with Crippen molar-refractivity contribution in [2.45, 2.75) is 5.54 Å². The number of nitrogens with one attached hydrogen (secondary N) is 1. The maximum absolute atomic E-state index is 5.17. The number of rotatable bonds is 3. The van der Waals surface area contributed by atoms with E-state index in [4.69, 9.17) is 4.74 Å². The number of halogens is 1. The molecule has 1 aliphatic rings. The first-order valence-corrected chi connectivity index (χ1v) is 4.38. The van der Waals surface area contributed by atoms with Crippen LogP contribution in [0.1, 0.15) is 0 Å². The zero-order chi connectivity index (χ0) is 7.61. The number of hydrogen-bond acceptors (Lipinski definition) is 3. The zero-order valence-electron chi connectivity index (χ0n) is 6.35. The summed E-state index contributed by atoms with van der Waals surface area (Å²) in [4.78, 5) is 2.22. The molecule has 1 heterocycles. The van der Waals surface area contributed by atoms with Gasteiger partial charge in [0.1, 0.15) is 0 Å². The van der Waals surface area contributed by atoms with E-state index in [1.807, 2.05) is 0 Å². The van der Waals surface area contributed by atoms with Crippen molar-refractivity contribution in [3.63, 3.8) is 0 Å². The van der Waals surface area contributed by atoms with Gasteiger partial charge in [-0.15, -0.1) is 0 Å². The Labute approximate surface area is 75.6 Å². The molecule has 3 nitrogen and oxygen atoms in total. The van der Waals surface area contributed by atoms with Gasteiger partial charge in [-0.1, -0.05) is 0 Å². The average Bonchev–Trinajstić information content (AvgIpc) is 1.77. The first-order chi connectivity index (χ1) is 4.71. The van der Waals surface area contributed by atoms with Crippen LogP contribution in [0.5, 0.6) is 0 Å². The van der Waals surface area contributed by atoms with Crippen LogP contribution >= 0.6 is 22.9 Å². The standard InChI is InChI=1S/C6H13IN2O/c1-9(2)6(3-8-7)4-10-5-6/h8H,3-5H2,1-2H3. The van der Waals surface area contributed by atoms with Crippen molar-refractivity contribution in [3.05, 3.63) is 0 Å². The number of hydrogen-bond donors (Lipinski definition) is 1. The molecule has 1 saturated heterocycles. The maximum Gasteiger partial charge on any atom is 0.0807 e. The molecule has 0 atom stereocenters. The van der Waals surface area contributed by atoms with E-state index in [2.05, 4.69) is 45.4 Å². The highest BCUT2D eigenvalue weighted by molar-refractivity contribution is 14.1. The lowest BCUT2D eigenvalue weighted by Crippen LogP contribution is -2.63. The first kappa shape index (κ1) is 8.70. The molecular formula is C6H13IN2O. The Balaban J connectivity index is 2.42. The van der Waals surface area contributed by atoms with Crippen molar-refractivity contribution in [2.24, 2.45) is 0 Å². The van der Waals surface area contributed by atoms with E-state index in [9.17, 15) is 0 Å². The Morgan fingerprint density at radius 1 is 1.60 bits per heavy atom. The Kier molecular flexibility index (Phi) is 2.91. The highest BCUT2D eigenvalue weighted by Gasteiger charge is 2.40. The van der Waals surface area contributed by atoms with Crippen LogP contribution in [0, 0.1) is 0 Å². The van der Waals surface area contributed by atoms with E-state index in [1.54, 1.807) is 0 Å². The molecule has 0 aromatic carbocycles. The van der Waals surface area contributed by atoms with Crippen LogP contribution in [0.3, 0.4) is 0 Å². The minimum atomic E-state index is 0.265. The van der Waals surface area contributed by atoms with Crippen LogP contribution in [0.4, 0.5) is 0 Å². The fourth-order valence-electron chi connectivity index (χ4n) is 0.980. The molecule has 60 valence electrons. The molecule has 0 amide bonds. The third-order valence-corrected chi connectivity index (χ3v) is 2.47. The third-order valence-electron chi connectivity index (χ3n) is 2.09. The topological polar surface area (TPSA) is 24.5 Å². The molecule has 0 radical (unpaired) electrons. The van der Waals surface area contributed by atoms with Crippen molar-refractivity contribution < 1.29 is 4.74 Å². The summed E-state index contributed by atoms with van der Waals surface area (Å²) in [5, 5.41) is 0. The smallest absolute Gasteiger partial charge is 0.0807 e. The molecule has 1 fully saturated rings. The van der Waals surface area contributed by atoms with Crippen LogP contribution in [0.25, 0.3) is 0 Å². The average molecular weight is 256 g/mol. The summed E-state index contributed by atoms with van der Waals surface area (Å²) >= 11 is 2.17. The van der Waals surface area contributed by atoms with E-state index < -0.39 is 0 Å². The summed E-state index contributed by atoms with van der Waals surface area (Å²) in [5.41, 5.74) is 0.265. The predicted molar refractivity (Wildman–Crippen MR) is 49.3 cm³/mol. The lowest BCUT2D eigenvalue weighted by atomic mass is 9.96. The van der Waals surface area contributed by atoms with E-state index in [-0.39, 0.29) is 5.54 Å². The first-order valence-electron chi connectivity index (χ1n) is 3.30. The van der Waals surface area contributed by atoms with Gasteiger partial charge in [0, 0.05) is 29.4 Å². The van der Waals surface area contributed by atoms with Crippen LogP contribution in [-0.4, -0.2) is 44.3 Å². The second kappa shape index (κ2) is 3.34. The highest BCUT2D eigenvalue weighted by atomic mass is 127. The van der Waals surface area contributed by atoms with Gasteiger partial charge in [-0.3, -0.25) is 8.43 Å². The Bertz CT molecular complexity index is 114. The van der Waals surface area contributed by atoms with Crippen LogP contribution in [-0.2, 0) is 4.74 Å². The van der Waals surface area contributed by atoms with Crippen molar-refractivity contribution in [1.82, 2.24) is 8.43 Å². The minimum absolute atomic E-state index is 0.265. The summed E-state index contributed by atoms with van der Waals surface area (Å²) < 4.78 is 8.31. The van der Waals surface area contributed by atoms with Gasteiger partial charge in [0.2, 0.25) is 0 Å². The van der Waals surface area contributed by atoms with Gasteiger partial charge in [-0.25, -0.2) is 0 Å². The second-order valence-electron chi connectivity index (χ2n) is 2.92. The van der Waals surface area contributed by atoms with Gasteiger partial charge in [0.25, 0.3) is 0 Å². The van der Waals surface area contributed by atoms with Crippen molar-refractivity contribution in [2.75, 3.05) is 33.9 Å². The SMILES string of the molecule is CN(C)C1(CNI)COC1. The normalized spacial score (nSPS) is 22.8. The molecule has 0 spiro atoms. The third kappa shape index (κ3) is 1.44. The molecule has 1 rings (SSSR count). The van der Waals surface area contributed by atoms with Crippen LogP contribution in [0.2, 0.25) is 0 Å². The van der Waals surface area contributed by atoms with Crippen molar-refractivity contribution in [1.29, 1.82) is 0 Å². The summed E-state index contributed by atoms with van der Waals surface area (Å²) in [6.07, 6.45) is 0. The molecule has 1 N–H and O–H groups in total. The Morgan fingerprint density at radius 2 is 2.20 bits per heavy atom. The number of ether oxygens (including phenoxy) is 1. The Hall–Kier alpha value is 0.610. The predicted octanol–water partition coefficient (Wildman–Crippen LogP) is 0.257. The van der Waals surface area contributed by atoms with Crippen molar-refractivity contribution in [3.8, 4) is 0 Å². The van der Waals surface area contributed by atoms with Crippen LogP contribution in [0.15, 0.2) is 0 Å². The summed E-state index contributed by atoms with van der Waals surface area (Å²) in [6.45, 7) is 2.71. The summed E-state index contributed by atoms with van der Waals surface area (Å²) in [7, 11) is 4.19. The van der Waals surface area contributed by atoms with Crippen LogP contribution < -0.4 is 3.53 Å². The van der Waals surface area contributed by atoms with Gasteiger partial charge >= 0.3 is 0 Å². The molecule has 10 heavy (non-hydrogen) atoms. The molecule has 0 aromatic rings. The van der Waals surface area contributed by atoms with Gasteiger partial charge in [-0.05, 0) is 14.1 Å². The maximum atomic E-state index is 5.17. The molecule has 4 heteroatoms. The molecule has 0 aromatic heterocycles. The van der Waals surface area contributed by atoms with Crippen molar-refractivity contribution >= 4 is 22.9 Å². The lowest BCUT2D eigenvalue weighted by molar-refractivity contribution is -0.119. The molecule has 0 unspecified atom stereocenters. The fraction of sp³-hybridized carbons (Fsp3) is 1.00. The zero-order valence-corrected chi connectivity index (χ0v) is 8.51. The monoisotopic (exact) mass is 256 g/mol. The van der Waals surface area contributed by atoms with E-state index in [1.165, 1.54) is 0 Å². The van der Waals surface area contributed by atoms with Gasteiger partial charge < -0.3 is 4.74 Å². The fourth-order valence-corrected chi connectivity index (χ4v) is 1.69. The molecule has 1 aliphatic heterocycles. The van der Waals surface area contributed by atoms with Gasteiger partial charge in [-0.2, -0.15) is 0 Å². The van der Waals surface area contributed by atoms with E-state index >= 15 is 0 Å². The molecular weight excluding hydrogens is 243 g/mol. The van der Waals surface area contributed by atoms with E-state index in [0.29, 0.717) is 0 Å². The number of likely N-dealkylation sites (N-methyl/N-ethyl adjacent to an activating group) is 1. The quantitative estimate of drug-likeness (QED) is 0.579. The Morgan fingerprint density at radius 3 is 2.30 bits per heavy atom. The summed E-state index contributed by atoms with van der Waals surface area (Å²) in [6, 6.07) is 0. The number of nitrogens with zero attached hydrogens (tertiary/aromatic N) is 1.